The fraction of sp³-hybridized carbons (Fsp3) is 0.917. The number of alkyl halides is 3. The van der Waals surface area contributed by atoms with Crippen LogP contribution in [0.15, 0.2) is 0 Å². The van der Waals surface area contributed by atoms with E-state index in [1.165, 1.54) is 0 Å². The molecule has 0 aromatic rings. The number of rotatable bonds is 6. The zero-order chi connectivity index (χ0) is 15.3. The molecule has 1 heterocycles. The third-order valence-electron chi connectivity index (χ3n) is 3.47. The van der Waals surface area contributed by atoms with E-state index in [0.29, 0.717) is 0 Å². The van der Waals surface area contributed by atoms with Gasteiger partial charge in [-0.2, -0.15) is 13.2 Å². The first-order valence-corrected chi connectivity index (χ1v) is 6.67. The van der Waals surface area contributed by atoms with Crippen LogP contribution in [0.3, 0.4) is 0 Å². The summed E-state index contributed by atoms with van der Waals surface area (Å²) in [4.78, 5) is 12.9. The molecule has 0 unspecified atom stereocenters. The van der Waals surface area contributed by atoms with E-state index >= 15 is 0 Å². The standard InChI is InChI=1S/C12H21F3N2O3/c1-2-10(19)16-8-6-17(9(7-18)11(8)20)5-3-4-12(13,14)15/h8-9,11,18,20H,2-7H2,1H3,(H,16,19)/t8-,9-,11+/m0/s1. The minimum absolute atomic E-state index is 0.0961. The summed E-state index contributed by atoms with van der Waals surface area (Å²) < 4.78 is 36.3. The lowest BCUT2D eigenvalue weighted by Crippen LogP contribution is -2.45. The number of carbonyl (C=O) groups excluding carboxylic acids is 1. The zero-order valence-corrected chi connectivity index (χ0v) is 11.4. The normalized spacial score (nSPS) is 27.8. The topological polar surface area (TPSA) is 72.8 Å². The van der Waals surface area contributed by atoms with E-state index in [1.54, 1.807) is 11.8 Å². The first-order chi connectivity index (χ1) is 9.28. The van der Waals surface area contributed by atoms with Crippen LogP contribution in [0.1, 0.15) is 26.2 Å². The van der Waals surface area contributed by atoms with Gasteiger partial charge in [-0.15, -0.1) is 0 Å². The molecule has 3 atom stereocenters. The van der Waals surface area contributed by atoms with Crippen molar-refractivity contribution in [3.05, 3.63) is 0 Å². The number of halogens is 3. The molecule has 0 aromatic carbocycles. The van der Waals surface area contributed by atoms with Crippen molar-refractivity contribution in [3.8, 4) is 0 Å². The number of hydrogen-bond acceptors (Lipinski definition) is 4. The van der Waals surface area contributed by atoms with Crippen LogP contribution in [0.5, 0.6) is 0 Å². The van der Waals surface area contributed by atoms with Crippen molar-refractivity contribution < 1.29 is 28.2 Å². The lowest BCUT2D eigenvalue weighted by Gasteiger charge is -2.23. The molecule has 1 fully saturated rings. The molecule has 0 spiro atoms. The molecular formula is C12H21F3N2O3. The Labute approximate surface area is 115 Å². The van der Waals surface area contributed by atoms with E-state index in [0.717, 1.165) is 0 Å². The van der Waals surface area contributed by atoms with Crippen molar-refractivity contribution in [2.45, 2.75) is 50.6 Å². The van der Waals surface area contributed by atoms with Crippen LogP contribution in [-0.4, -0.2) is 65.1 Å². The maximum atomic E-state index is 12.1. The molecule has 1 amide bonds. The van der Waals surface area contributed by atoms with Gasteiger partial charge in [0.25, 0.3) is 0 Å². The van der Waals surface area contributed by atoms with Crippen molar-refractivity contribution in [1.82, 2.24) is 10.2 Å². The van der Waals surface area contributed by atoms with Gasteiger partial charge in [0.15, 0.2) is 0 Å². The Morgan fingerprint density at radius 3 is 2.60 bits per heavy atom. The highest BCUT2D eigenvalue weighted by molar-refractivity contribution is 5.76. The summed E-state index contributed by atoms with van der Waals surface area (Å²) in [5, 5.41) is 21.8. The number of nitrogens with zero attached hydrogens (tertiary/aromatic N) is 1. The summed E-state index contributed by atoms with van der Waals surface area (Å²) in [6, 6.07) is -1.18. The van der Waals surface area contributed by atoms with Crippen molar-refractivity contribution in [3.63, 3.8) is 0 Å². The number of carbonyl (C=O) groups is 1. The van der Waals surface area contributed by atoms with Gasteiger partial charge in [-0.3, -0.25) is 9.69 Å². The molecule has 0 aromatic heterocycles. The van der Waals surface area contributed by atoms with Crippen molar-refractivity contribution in [1.29, 1.82) is 0 Å². The van der Waals surface area contributed by atoms with Crippen molar-refractivity contribution in [2.24, 2.45) is 0 Å². The van der Waals surface area contributed by atoms with Crippen LogP contribution in [0.4, 0.5) is 13.2 Å². The Hall–Kier alpha value is -0.860. The maximum absolute atomic E-state index is 12.1. The first-order valence-electron chi connectivity index (χ1n) is 6.67. The second-order valence-electron chi connectivity index (χ2n) is 4.98. The minimum Gasteiger partial charge on any atom is -0.395 e. The number of aliphatic hydroxyl groups excluding tert-OH is 2. The number of aliphatic hydroxyl groups is 2. The molecule has 1 aliphatic heterocycles. The summed E-state index contributed by atoms with van der Waals surface area (Å²) in [5.41, 5.74) is 0. The van der Waals surface area contributed by atoms with Gasteiger partial charge in [0.05, 0.1) is 24.8 Å². The molecule has 118 valence electrons. The van der Waals surface area contributed by atoms with E-state index < -0.39 is 30.8 Å². The molecular weight excluding hydrogens is 277 g/mol. The molecule has 1 saturated heterocycles. The summed E-state index contributed by atoms with van der Waals surface area (Å²) in [6.07, 6.45) is -5.91. The zero-order valence-electron chi connectivity index (χ0n) is 11.4. The summed E-state index contributed by atoms with van der Waals surface area (Å²) in [6.45, 7) is 1.68. The number of amides is 1. The van der Waals surface area contributed by atoms with Gasteiger partial charge < -0.3 is 15.5 Å². The minimum atomic E-state index is -4.21. The lowest BCUT2D eigenvalue weighted by molar-refractivity contribution is -0.136. The van der Waals surface area contributed by atoms with Crippen LogP contribution in [-0.2, 0) is 4.79 Å². The van der Waals surface area contributed by atoms with E-state index in [1.807, 2.05) is 0 Å². The molecule has 5 nitrogen and oxygen atoms in total. The maximum Gasteiger partial charge on any atom is 0.389 e. The second kappa shape index (κ2) is 7.24. The van der Waals surface area contributed by atoms with E-state index in [-0.39, 0.29) is 38.4 Å². The SMILES string of the molecule is CCC(=O)N[C@H]1CN(CCCC(F)(F)F)[C@@H](CO)[C@@H]1O. The third kappa shape index (κ3) is 4.92. The Kier molecular flexibility index (Phi) is 6.22. The Balaban J connectivity index is 2.52. The summed E-state index contributed by atoms with van der Waals surface area (Å²) in [5.74, 6) is -0.233. The van der Waals surface area contributed by atoms with Gasteiger partial charge >= 0.3 is 6.18 Å². The van der Waals surface area contributed by atoms with Gasteiger partial charge in [0, 0.05) is 19.4 Å². The molecule has 8 heteroatoms. The van der Waals surface area contributed by atoms with Crippen LogP contribution in [0, 0.1) is 0 Å². The predicted octanol–water partition coefficient (Wildman–Crippen LogP) is 0.261. The highest BCUT2D eigenvalue weighted by atomic mass is 19.4. The molecule has 20 heavy (non-hydrogen) atoms. The molecule has 1 rings (SSSR count). The van der Waals surface area contributed by atoms with Gasteiger partial charge in [-0.1, -0.05) is 6.92 Å². The molecule has 0 aliphatic carbocycles. The van der Waals surface area contributed by atoms with E-state index in [2.05, 4.69) is 5.32 Å². The average molecular weight is 298 g/mol. The second-order valence-corrected chi connectivity index (χ2v) is 4.98. The van der Waals surface area contributed by atoms with E-state index in [4.69, 9.17) is 0 Å². The van der Waals surface area contributed by atoms with Crippen molar-refractivity contribution >= 4 is 5.91 Å². The van der Waals surface area contributed by atoms with Crippen LogP contribution in [0.2, 0.25) is 0 Å². The van der Waals surface area contributed by atoms with Gasteiger partial charge in [0.1, 0.15) is 0 Å². The van der Waals surface area contributed by atoms with Crippen LogP contribution >= 0.6 is 0 Å². The Morgan fingerprint density at radius 1 is 1.45 bits per heavy atom. The Morgan fingerprint density at radius 2 is 2.10 bits per heavy atom. The van der Waals surface area contributed by atoms with Gasteiger partial charge in [0.2, 0.25) is 5.91 Å². The molecule has 1 aliphatic rings. The van der Waals surface area contributed by atoms with E-state index in [9.17, 15) is 28.2 Å². The van der Waals surface area contributed by atoms with Crippen LogP contribution in [0.25, 0.3) is 0 Å². The fourth-order valence-electron chi connectivity index (χ4n) is 2.38. The Bertz CT molecular complexity index is 326. The highest BCUT2D eigenvalue weighted by Gasteiger charge is 2.41. The molecule has 0 radical (unpaired) electrons. The molecule has 0 saturated carbocycles. The number of likely N-dealkylation sites (tertiary alicyclic amines) is 1. The van der Waals surface area contributed by atoms with Gasteiger partial charge in [-0.05, 0) is 13.0 Å². The predicted molar refractivity (Wildman–Crippen MR) is 66.0 cm³/mol. The summed E-state index contributed by atoms with van der Waals surface area (Å²) >= 11 is 0. The highest BCUT2D eigenvalue weighted by Crippen LogP contribution is 2.24. The molecule has 3 N–H and O–H groups in total. The van der Waals surface area contributed by atoms with Crippen LogP contribution < -0.4 is 5.32 Å². The summed E-state index contributed by atoms with van der Waals surface area (Å²) in [7, 11) is 0. The quantitative estimate of drug-likeness (QED) is 0.658. The van der Waals surface area contributed by atoms with Gasteiger partial charge in [-0.25, -0.2) is 0 Å². The smallest absolute Gasteiger partial charge is 0.389 e. The average Bonchev–Trinajstić information content (AvgIpc) is 2.64. The largest absolute Gasteiger partial charge is 0.395 e. The monoisotopic (exact) mass is 298 g/mol. The van der Waals surface area contributed by atoms with Crippen molar-refractivity contribution in [2.75, 3.05) is 19.7 Å². The third-order valence-corrected chi connectivity index (χ3v) is 3.47. The molecule has 0 bridgehead atoms. The first kappa shape index (κ1) is 17.2. The number of nitrogens with one attached hydrogen (secondary N) is 1. The number of hydrogen-bond donors (Lipinski definition) is 3. The lowest BCUT2D eigenvalue weighted by atomic mass is 10.1. The fourth-order valence-corrected chi connectivity index (χ4v) is 2.38.